The molecule has 1 aliphatic carbocycles. The van der Waals surface area contributed by atoms with Gasteiger partial charge < -0.3 is 5.32 Å². The van der Waals surface area contributed by atoms with E-state index < -0.39 is 12.7 Å². The summed E-state index contributed by atoms with van der Waals surface area (Å²) < 4.78 is 37.1. The minimum Gasteiger partial charge on any atom is -0.305 e. The number of halogens is 3. The van der Waals surface area contributed by atoms with Crippen molar-refractivity contribution >= 4 is 0 Å². The van der Waals surface area contributed by atoms with Gasteiger partial charge in [-0.2, -0.15) is 13.2 Å². The van der Waals surface area contributed by atoms with Crippen LogP contribution in [0.1, 0.15) is 46.0 Å². The first kappa shape index (κ1) is 16.1. The number of rotatable bonds is 6. The molecule has 1 heterocycles. The highest BCUT2D eigenvalue weighted by Gasteiger charge is 2.38. The Bertz CT molecular complexity index is 302. The van der Waals surface area contributed by atoms with Crippen LogP contribution in [0.5, 0.6) is 0 Å². The van der Waals surface area contributed by atoms with Gasteiger partial charge in [0.25, 0.3) is 0 Å². The van der Waals surface area contributed by atoms with Crippen molar-refractivity contribution in [3.63, 3.8) is 0 Å². The summed E-state index contributed by atoms with van der Waals surface area (Å²) in [5.74, 6) is 1.32. The highest BCUT2D eigenvalue weighted by Crippen LogP contribution is 2.38. The number of alkyl halides is 3. The predicted octanol–water partition coefficient (Wildman–Crippen LogP) is 3.43. The van der Waals surface area contributed by atoms with Crippen LogP contribution in [-0.2, 0) is 0 Å². The number of nitrogens with one attached hydrogen (secondary N) is 1. The van der Waals surface area contributed by atoms with E-state index in [0.29, 0.717) is 12.0 Å². The highest BCUT2D eigenvalue weighted by molar-refractivity contribution is 4.93. The number of hydrogen-bond acceptors (Lipinski definition) is 2. The summed E-state index contributed by atoms with van der Waals surface area (Å²) in [7, 11) is 0. The third-order valence-electron chi connectivity index (χ3n) is 4.79. The van der Waals surface area contributed by atoms with E-state index in [4.69, 9.17) is 0 Å². The second kappa shape index (κ2) is 6.65. The summed E-state index contributed by atoms with van der Waals surface area (Å²) in [4.78, 5) is 2.46. The van der Waals surface area contributed by atoms with Crippen molar-refractivity contribution in [2.75, 3.05) is 19.6 Å². The van der Waals surface area contributed by atoms with Crippen LogP contribution in [0.15, 0.2) is 0 Å². The molecule has 1 saturated heterocycles. The standard InChI is InChI=1S/C15H27F3N2/c1-3-11-7-13(19-10-15(16,17)18)9-20(8-11)14(4-2)12-5-6-12/h11-14,19H,3-10H2,1-2H3. The molecular formula is C15H27F3N2. The molecule has 2 fully saturated rings. The number of nitrogens with zero attached hydrogens (tertiary/aromatic N) is 1. The molecule has 1 saturated carbocycles. The maximum Gasteiger partial charge on any atom is 0.401 e. The first-order chi connectivity index (χ1) is 9.43. The van der Waals surface area contributed by atoms with Gasteiger partial charge in [0.1, 0.15) is 0 Å². The molecule has 2 rings (SSSR count). The molecule has 0 radical (unpaired) electrons. The van der Waals surface area contributed by atoms with Gasteiger partial charge in [-0.15, -0.1) is 0 Å². The molecule has 0 aromatic heterocycles. The first-order valence-corrected chi connectivity index (χ1v) is 7.97. The maximum absolute atomic E-state index is 12.4. The summed E-state index contributed by atoms with van der Waals surface area (Å²) in [6.45, 7) is 5.34. The van der Waals surface area contributed by atoms with Gasteiger partial charge in [0, 0.05) is 25.2 Å². The van der Waals surface area contributed by atoms with Crippen molar-refractivity contribution in [3.05, 3.63) is 0 Å². The van der Waals surface area contributed by atoms with Gasteiger partial charge in [0.2, 0.25) is 0 Å². The van der Waals surface area contributed by atoms with Crippen LogP contribution in [0, 0.1) is 11.8 Å². The highest BCUT2D eigenvalue weighted by atomic mass is 19.4. The smallest absolute Gasteiger partial charge is 0.305 e. The van der Waals surface area contributed by atoms with E-state index in [1.165, 1.54) is 12.8 Å². The van der Waals surface area contributed by atoms with Crippen molar-refractivity contribution in [2.45, 2.75) is 64.2 Å². The molecule has 0 spiro atoms. The molecule has 118 valence electrons. The van der Waals surface area contributed by atoms with Crippen molar-refractivity contribution in [1.29, 1.82) is 0 Å². The van der Waals surface area contributed by atoms with Crippen LogP contribution in [0.3, 0.4) is 0 Å². The zero-order chi connectivity index (χ0) is 14.8. The Balaban J connectivity index is 1.92. The molecular weight excluding hydrogens is 265 g/mol. The zero-order valence-corrected chi connectivity index (χ0v) is 12.5. The van der Waals surface area contributed by atoms with E-state index in [-0.39, 0.29) is 6.04 Å². The normalized spacial score (nSPS) is 30.4. The zero-order valence-electron chi connectivity index (χ0n) is 12.5. The topological polar surface area (TPSA) is 15.3 Å². The van der Waals surface area contributed by atoms with Gasteiger partial charge in [-0.25, -0.2) is 0 Å². The SMILES string of the molecule is CCC1CC(NCC(F)(F)F)CN(C(CC)C2CC2)C1. The van der Waals surface area contributed by atoms with Gasteiger partial charge in [-0.3, -0.25) is 4.90 Å². The third kappa shape index (κ3) is 4.62. The van der Waals surface area contributed by atoms with Crippen LogP contribution in [0.4, 0.5) is 13.2 Å². The Morgan fingerprint density at radius 3 is 2.40 bits per heavy atom. The molecule has 2 aliphatic rings. The first-order valence-electron chi connectivity index (χ1n) is 7.97. The lowest BCUT2D eigenvalue weighted by atomic mass is 9.90. The summed E-state index contributed by atoms with van der Waals surface area (Å²) in [6.07, 6.45) is 1.54. The van der Waals surface area contributed by atoms with Gasteiger partial charge >= 0.3 is 6.18 Å². The van der Waals surface area contributed by atoms with E-state index in [1.54, 1.807) is 0 Å². The fourth-order valence-corrected chi connectivity index (χ4v) is 3.59. The fraction of sp³-hybridized carbons (Fsp3) is 1.00. The lowest BCUT2D eigenvalue weighted by Gasteiger charge is -2.42. The van der Waals surface area contributed by atoms with E-state index >= 15 is 0 Å². The second-order valence-corrected chi connectivity index (χ2v) is 6.47. The van der Waals surface area contributed by atoms with E-state index in [0.717, 1.165) is 38.3 Å². The Hall–Kier alpha value is -0.290. The molecule has 3 unspecified atom stereocenters. The van der Waals surface area contributed by atoms with Crippen LogP contribution in [0.2, 0.25) is 0 Å². The van der Waals surface area contributed by atoms with Crippen molar-refractivity contribution in [2.24, 2.45) is 11.8 Å². The molecule has 1 aliphatic heterocycles. The van der Waals surface area contributed by atoms with Gasteiger partial charge in [0.05, 0.1) is 6.54 Å². The molecule has 2 nitrogen and oxygen atoms in total. The average molecular weight is 292 g/mol. The van der Waals surface area contributed by atoms with Gasteiger partial charge in [0.15, 0.2) is 0 Å². The Kier molecular flexibility index (Phi) is 5.35. The van der Waals surface area contributed by atoms with E-state index in [2.05, 4.69) is 24.1 Å². The maximum atomic E-state index is 12.4. The second-order valence-electron chi connectivity index (χ2n) is 6.47. The average Bonchev–Trinajstić information content (AvgIpc) is 3.21. The number of hydrogen-bond donors (Lipinski definition) is 1. The minimum absolute atomic E-state index is 0.0110. The quantitative estimate of drug-likeness (QED) is 0.807. The Labute approximate surface area is 120 Å². The van der Waals surface area contributed by atoms with Crippen LogP contribution < -0.4 is 5.32 Å². The Morgan fingerprint density at radius 2 is 1.90 bits per heavy atom. The molecule has 0 amide bonds. The van der Waals surface area contributed by atoms with Crippen molar-refractivity contribution < 1.29 is 13.2 Å². The fourth-order valence-electron chi connectivity index (χ4n) is 3.59. The van der Waals surface area contributed by atoms with Crippen LogP contribution >= 0.6 is 0 Å². The van der Waals surface area contributed by atoms with Crippen molar-refractivity contribution in [1.82, 2.24) is 10.2 Å². The summed E-state index contributed by atoms with van der Waals surface area (Å²) in [5, 5.41) is 2.73. The molecule has 0 aromatic rings. The largest absolute Gasteiger partial charge is 0.401 e. The number of likely N-dealkylation sites (tertiary alicyclic amines) is 1. The molecule has 20 heavy (non-hydrogen) atoms. The lowest BCUT2D eigenvalue weighted by Crippen LogP contribution is -2.54. The predicted molar refractivity (Wildman–Crippen MR) is 74.6 cm³/mol. The van der Waals surface area contributed by atoms with E-state index in [9.17, 15) is 13.2 Å². The van der Waals surface area contributed by atoms with Crippen molar-refractivity contribution in [3.8, 4) is 0 Å². The monoisotopic (exact) mass is 292 g/mol. The lowest BCUT2D eigenvalue weighted by molar-refractivity contribution is -0.127. The Morgan fingerprint density at radius 1 is 1.20 bits per heavy atom. The molecule has 1 N–H and O–H groups in total. The molecule has 0 bridgehead atoms. The summed E-state index contributed by atoms with van der Waals surface area (Å²) in [6, 6.07) is 0.572. The molecule has 5 heteroatoms. The minimum atomic E-state index is -4.11. The number of piperidine rings is 1. The molecule has 0 aromatic carbocycles. The van der Waals surface area contributed by atoms with Gasteiger partial charge in [-0.05, 0) is 37.5 Å². The van der Waals surface area contributed by atoms with Gasteiger partial charge in [-0.1, -0.05) is 20.3 Å². The third-order valence-corrected chi connectivity index (χ3v) is 4.79. The summed E-state index contributed by atoms with van der Waals surface area (Å²) in [5.41, 5.74) is 0. The van der Waals surface area contributed by atoms with Crippen LogP contribution in [0.25, 0.3) is 0 Å². The molecule has 3 atom stereocenters. The van der Waals surface area contributed by atoms with Crippen LogP contribution in [-0.4, -0.2) is 42.8 Å². The summed E-state index contributed by atoms with van der Waals surface area (Å²) >= 11 is 0. The van der Waals surface area contributed by atoms with E-state index in [1.807, 2.05) is 0 Å².